The molecule has 1 aliphatic heterocycles. The third kappa shape index (κ3) is 4.63. The lowest BCUT2D eigenvalue weighted by Gasteiger charge is -2.23. The molecule has 142 valence electrons. The van der Waals surface area contributed by atoms with Crippen LogP contribution in [0.2, 0.25) is 0 Å². The van der Waals surface area contributed by atoms with E-state index < -0.39 is 9.84 Å². The molecule has 2 aromatic carbocycles. The van der Waals surface area contributed by atoms with E-state index >= 15 is 0 Å². The second-order valence-electron chi connectivity index (χ2n) is 7.28. The van der Waals surface area contributed by atoms with Gasteiger partial charge in [0.25, 0.3) is 0 Å². The van der Waals surface area contributed by atoms with Crippen LogP contribution in [-0.2, 0) is 20.4 Å². The van der Waals surface area contributed by atoms with Gasteiger partial charge in [-0.2, -0.15) is 5.10 Å². The summed E-state index contributed by atoms with van der Waals surface area (Å²) in [7, 11) is -3.07. The van der Waals surface area contributed by atoms with Crippen molar-refractivity contribution in [3.8, 4) is 0 Å². The molecule has 1 heterocycles. The predicted molar refractivity (Wildman–Crippen MR) is 107 cm³/mol. The topological polar surface area (TPSA) is 66.8 Å². The smallest absolute Gasteiger partial charge is 0.245 e. The van der Waals surface area contributed by atoms with Gasteiger partial charge in [-0.25, -0.2) is 13.4 Å². The highest BCUT2D eigenvalue weighted by atomic mass is 32.2. The number of rotatable bonds is 5. The summed E-state index contributed by atoms with van der Waals surface area (Å²) in [6.45, 7) is 3.75. The summed E-state index contributed by atoms with van der Waals surface area (Å²) in [5, 5.41) is 6.22. The number of carbonyl (C=O) groups excluding carboxylic acids is 1. The molecule has 0 saturated carbocycles. The number of hydrogen-bond acceptors (Lipinski definition) is 4. The Morgan fingerprint density at radius 3 is 2.30 bits per heavy atom. The average molecular weight is 385 g/mol. The number of carbonyl (C=O) groups is 1. The largest absolute Gasteiger partial charge is 0.273 e. The van der Waals surface area contributed by atoms with Crippen molar-refractivity contribution in [1.29, 1.82) is 0 Å². The van der Waals surface area contributed by atoms with Crippen LogP contribution in [0, 0.1) is 5.92 Å². The van der Waals surface area contributed by atoms with Gasteiger partial charge >= 0.3 is 0 Å². The Morgan fingerprint density at radius 1 is 1.11 bits per heavy atom. The molecule has 1 aliphatic rings. The summed E-state index contributed by atoms with van der Waals surface area (Å²) < 4.78 is 22.9. The molecular formula is C21H24N2O3S. The van der Waals surface area contributed by atoms with E-state index in [9.17, 15) is 13.2 Å². The highest BCUT2D eigenvalue weighted by Crippen LogP contribution is 2.33. The van der Waals surface area contributed by atoms with Gasteiger partial charge in [0.1, 0.15) is 0 Å². The fourth-order valence-electron chi connectivity index (χ4n) is 3.18. The van der Waals surface area contributed by atoms with E-state index in [1.807, 2.05) is 68.4 Å². The van der Waals surface area contributed by atoms with Crippen LogP contribution in [0.3, 0.4) is 0 Å². The summed E-state index contributed by atoms with van der Waals surface area (Å²) in [5.41, 5.74) is 3.55. The second-order valence-corrected chi connectivity index (χ2v) is 9.42. The molecule has 0 aliphatic carbocycles. The highest BCUT2D eigenvalue weighted by molar-refractivity contribution is 7.89. The molecule has 0 fully saturated rings. The zero-order valence-electron chi connectivity index (χ0n) is 15.8. The molecule has 1 atom stereocenters. The Hall–Kier alpha value is -2.47. The van der Waals surface area contributed by atoms with Gasteiger partial charge < -0.3 is 0 Å². The van der Waals surface area contributed by atoms with Crippen molar-refractivity contribution in [3.05, 3.63) is 71.3 Å². The lowest BCUT2D eigenvalue weighted by Crippen LogP contribution is -2.30. The first kappa shape index (κ1) is 19.3. The summed E-state index contributed by atoms with van der Waals surface area (Å²) in [6.07, 6.45) is 1.86. The molecule has 1 unspecified atom stereocenters. The van der Waals surface area contributed by atoms with Crippen molar-refractivity contribution in [3.63, 3.8) is 0 Å². The molecule has 0 bridgehead atoms. The molecule has 5 nitrogen and oxygen atoms in total. The molecule has 27 heavy (non-hydrogen) atoms. The molecule has 0 N–H and O–H groups in total. The quantitative estimate of drug-likeness (QED) is 0.791. The fourth-order valence-corrected chi connectivity index (χ4v) is 3.98. The van der Waals surface area contributed by atoms with Crippen LogP contribution in [0.25, 0.3) is 0 Å². The summed E-state index contributed by atoms with van der Waals surface area (Å²) in [6, 6.07) is 17.2. The van der Waals surface area contributed by atoms with Crippen molar-refractivity contribution < 1.29 is 13.2 Å². The number of hydrazone groups is 1. The van der Waals surface area contributed by atoms with E-state index in [4.69, 9.17) is 0 Å². The van der Waals surface area contributed by atoms with Crippen LogP contribution in [0.1, 0.15) is 43.0 Å². The first-order valence-electron chi connectivity index (χ1n) is 8.97. The lowest BCUT2D eigenvalue weighted by molar-refractivity contribution is -0.136. The molecule has 0 radical (unpaired) electrons. The Bertz CT molecular complexity index is 949. The van der Waals surface area contributed by atoms with Crippen molar-refractivity contribution in [2.24, 2.45) is 11.0 Å². The van der Waals surface area contributed by atoms with Crippen molar-refractivity contribution >= 4 is 21.5 Å². The molecule has 0 saturated heterocycles. The van der Waals surface area contributed by atoms with Crippen molar-refractivity contribution in [2.45, 2.75) is 32.1 Å². The van der Waals surface area contributed by atoms with E-state index in [0.29, 0.717) is 6.42 Å². The molecule has 0 spiro atoms. The monoisotopic (exact) mass is 384 g/mol. The van der Waals surface area contributed by atoms with Gasteiger partial charge in [0.15, 0.2) is 9.84 Å². The standard InChI is InChI=1S/C21H24N2O3S/c1-15(2)21(24)23-20(18-7-5-4-6-8-18)13-19(22-23)17-11-9-16(10-12-17)14-27(3,25)26/h4-12,15,20H,13-14H2,1-3H3. The third-order valence-electron chi connectivity index (χ3n) is 4.53. The zero-order valence-corrected chi connectivity index (χ0v) is 16.6. The Balaban J connectivity index is 1.89. The molecule has 1 amide bonds. The normalized spacial score (nSPS) is 17.3. The molecule has 0 aromatic heterocycles. The number of sulfone groups is 1. The van der Waals surface area contributed by atoms with E-state index in [-0.39, 0.29) is 23.6 Å². The molecular weight excluding hydrogens is 360 g/mol. The second kappa shape index (κ2) is 7.64. The third-order valence-corrected chi connectivity index (χ3v) is 5.39. The minimum atomic E-state index is -3.07. The average Bonchev–Trinajstić information content (AvgIpc) is 3.06. The molecule has 6 heteroatoms. The van der Waals surface area contributed by atoms with Crippen LogP contribution in [0.15, 0.2) is 59.7 Å². The number of benzene rings is 2. The van der Waals surface area contributed by atoms with Crippen LogP contribution < -0.4 is 0 Å². The van der Waals surface area contributed by atoms with Crippen LogP contribution in [0.4, 0.5) is 0 Å². The van der Waals surface area contributed by atoms with E-state index in [1.54, 1.807) is 5.01 Å². The van der Waals surface area contributed by atoms with Crippen LogP contribution in [0.5, 0.6) is 0 Å². The van der Waals surface area contributed by atoms with Gasteiger partial charge in [0.2, 0.25) is 5.91 Å². The summed E-state index contributed by atoms with van der Waals surface area (Å²) >= 11 is 0. The van der Waals surface area contributed by atoms with Crippen LogP contribution >= 0.6 is 0 Å². The summed E-state index contributed by atoms with van der Waals surface area (Å²) in [5.74, 6) is -0.131. The van der Waals surface area contributed by atoms with Crippen molar-refractivity contribution in [2.75, 3.05) is 6.26 Å². The lowest BCUT2D eigenvalue weighted by atomic mass is 9.97. The van der Waals surface area contributed by atoms with Gasteiger partial charge in [-0.15, -0.1) is 0 Å². The van der Waals surface area contributed by atoms with E-state index in [0.717, 1.165) is 22.4 Å². The summed E-state index contributed by atoms with van der Waals surface area (Å²) in [4.78, 5) is 12.7. The molecule has 3 rings (SSSR count). The van der Waals surface area contributed by atoms with Crippen molar-refractivity contribution in [1.82, 2.24) is 5.01 Å². The Morgan fingerprint density at radius 2 is 1.74 bits per heavy atom. The minimum absolute atomic E-state index is 0.00690. The van der Waals surface area contributed by atoms with E-state index in [2.05, 4.69) is 5.10 Å². The van der Waals surface area contributed by atoms with E-state index in [1.165, 1.54) is 6.26 Å². The maximum absolute atomic E-state index is 12.7. The maximum Gasteiger partial charge on any atom is 0.245 e. The first-order chi connectivity index (χ1) is 12.7. The maximum atomic E-state index is 12.7. The fraction of sp³-hybridized carbons (Fsp3) is 0.333. The Labute approximate surface area is 160 Å². The number of nitrogens with zero attached hydrogens (tertiary/aromatic N) is 2. The van der Waals surface area contributed by atoms with Gasteiger partial charge in [-0.05, 0) is 16.7 Å². The van der Waals surface area contributed by atoms with Gasteiger partial charge in [-0.1, -0.05) is 68.4 Å². The van der Waals surface area contributed by atoms with Gasteiger partial charge in [-0.3, -0.25) is 4.79 Å². The zero-order chi connectivity index (χ0) is 19.6. The number of hydrogen-bond donors (Lipinski definition) is 0. The van der Waals surface area contributed by atoms with Crippen LogP contribution in [-0.4, -0.2) is 31.3 Å². The Kier molecular flexibility index (Phi) is 5.46. The molecule has 2 aromatic rings. The highest BCUT2D eigenvalue weighted by Gasteiger charge is 2.33. The van der Waals surface area contributed by atoms with Gasteiger partial charge in [0.05, 0.1) is 17.5 Å². The van der Waals surface area contributed by atoms with Gasteiger partial charge in [0, 0.05) is 18.6 Å². The predicted octanol–water partition coefficient (Wildman–Crippen LogP) is 3.56. The first-order valence-corrected chi connectivity index (χ1v) is 11.0. The minimum Gasteiger partial charge on any atom is -0.273 e. The SMILES string of the molecule is CC(C)C(=O)N1N=C(c2ccc(CS(C)(=O)=O)cc2)CC1c1ccccc1. The number of amides is 1.